The Morgan fingerprint density at radius 1 is 0.429 bits per heavy atom. The smallest absolute Gasteiger partial charge is 0.0542 e. The summed E-state index contributed by atoms with van der Waals surface area (Å²) in [4.78, 5) is 2.45. The van der Waals surface area contributed by atoms with Crippen LogP contribution in [0.15, 0.2) is 182 Å². The molecule has 0 radical (unpaired) electrons. The Labute approximate surface area is 288 Å². The lowest BCUT2D eigenvalue weighted by Crippen LogP contribution is -2.11. The topological polar surface area (TPSA) is 8.17 Å². The summed E-state index contributed by atoms with van der Waals surface area (Å²) in [6, 6.07) is 66.2. The van der Waals surface area contributed by atoms with Gasteiger partial charge in [0.1, 0.15) is 0 Å². The van der Waals surface area contributed by atoms with Gasteiger partial charge in [0, 0.05) is 53.6 Å². The van der Waals surface area contributed by atoms with Crippen LogP contribution in [0, 0.1) is 0 Å². The molecule has 3 heteroatoms. The average molecular weight is 643 g/mol. The van der Waals surface area contributed by atoms with Crippen LogP contribution in [0.25, 0.3) is 69.6 Å². The van der Waals surface area contributed by atoms with Gasteiger partial charge in [-0.15, -0.1) is 11.3 Å². The fourth-order valence-corrected chi connectivity index (χ4v) is 8.70. The molecule has 0 amide bonds. The first-order valence-corrected chi connectivity index (χ1v) is 17.5. The van der Waals surface area contributed by atoms with Crippen LogP contribution in [0.1, 0.15) is 0 Å². The maximum absolute atomic E-state index is 2.45. The quantitative estimate of drug-likeness (QED) is 0.181. The lowest BCUT2D eigenvalue weighted by atomic mass is 10.00. The van der Waals surface area contributed by atoms with Crippen molar-refractivity contribution in [2.75, 3.05) is 4.90 Å². The highest BCUT2D eigenvalue weighted by Crippen LogP contribution is 2.45. The highest BCUT2D eigenvalue weighted by molar-refractivity contribution is 7.26. The van der Waals surface area contributed by atoms with Crippen LogP contribution in [-0.4, -0.2) is 4.57 Å². The summed E-state index contributed by atoms with van der Waals surface area (Å²) in [6.45, 7) is 0. The van der Waals surface area contributed by atoms with Gasteiger partial charge in [-0.3, -0.25) is 0 Å². The van der Waals surface area contributed by atoms with Crippen molar-refractivity contribution in [2.24, 2.45) is 0 Å². The van der Waals surface area contributed by atoms with Gasteiger partial charge in [0.2, 0.25) is 0 Å². The van der Waals surface area contributed by atoms with Gasteiger partial charge in [-0.25, -0.2) is 0 Å². The summed E-state index contributed by atoms with van der Waals surface area (Å²) in [5.74, 6) is 0. The molecule has 2 nitrogen and oxygen atoms in total. The molecule has 0 aliphatic rings. The SMILES string of the molecule is c1ccc(-c2ccccc2N(c2ccc3ccc4sc5ccccc5c4c3c2)c2ccc3c(c2)c2ccccc2n3-c2ccccc2)cc1. The molecule has 0 N–H and O–H groups in total. The van der Waals surface area contributed by atoms with E-state index in [1.165, 1.54) is 63.9 Å². The molecule has 2 heterocycles. The average Bonchev–Trinajstić information content (AvgIpc) is 3.72. The standard InChI is InChI=1S/C46H30N2S/c1-3-13-31(14-4-1)36-17-7-10-20-41(36)47(34-25-23-32-24-28-45-46(39(32)29-34)38-19-9-12-22-44(38)49-45)35-26-27-43-40(30-35)37-18-8-11-21-42(37)48(43)33-15-5-2-6-16-33/h1-30H. The summed E-state index contributed by atoms with van der Waals surface area (Å²) in [7, 11) is 0. The first-order valence-electron chi connectivity index (χ1n) is 16.7. The number of fused-ring (bicyclic) bond motifs is 8. The van der Waals surface area contributed by atoms with E-state index in [0.29, 0.717) is 0 Å². The number of aromatic nitrogens is 1. The van der Waals surface area contributed by atoms with Crippen LogP contribution < -0.4 is 4.90 Å². The van der Waals surface area contributed by atoms with Crippen LogP contribution >= 0.6 is 11.3 Å². The summed E-state index contributed by atoms with van der Waals surface area (Å²) in [5.41, 5.74) is 9.33. The molecule has 49 heavy (non-hydrogen) atoms. The molecule has 0 aliphatic heterocycles. The number of rotatable bonds is 5. The van der Waals surface area contributed by atoms with Gasteiger partial charge in [-0.1, -0.05) is 115 Å². The van der Waals surface area contributed by atoms with Crippen molar-refractivity contribution < 1.29 is 0 Å². The van der Waals surface area contributed by atoms with E-state index < -0.39 is 0 Å². The third-order valence-corrected chi connectivity index (χ3v) is 10.9. The number of hydrogen-bond donors (Lipinski definition) is 0. The molecular formula is C46H30N2S. The highest BCUT2D eigenvalue weighted by atomic mass is 32.1. The van der Waals surface area contributed by atoms with E-state index in [-0.39, 0.29) is 0 Å². The second kappa shape index (κ2) is 11.2. The second-order valence-electron chi connectivity index (χ2n) is 12.6. The molecule has 10 aromatic rings. The molecule has 0 fully saturated rings. The fourth-order valence-electron chi connectivity index (χ4n) is 7.58. The third kappa shape index (κ3) is 4.47. The van der Waals surface area contributed by atoms with Crippen molar-refractivity contribution in [1.82, 2.24) is 4.57 Å². The van der Waals surface area contributed by atoms with Gasteiger partial charge in [0.15, 0.2) is 0 Å². The molecule has 0 atom stereocenters. The molecule has 2 aromatic heterocycles. The van der Waals surface area contributed by atoms with Crippen molar-refractivity contribution in [1.29, 1.82) is 0 Å². The van der Waals surface area contributed by atoms with Gasteiger partial charge in [0.25, 0.3) is 0 Å². The fraction of sp³-hybridized carbons (Fsp3) is 0. The van der Waals surface area contributed by atoms with Gasteiger partial charge in [-0.05, 0) is 83.1 Å². The van der Waals surface area contributed by atoms with Crippen LogP contribution in [0.5, 0.6) is 0 Å². The van der Waals surface area contributed by atoms with Crippen LogP contribution in [-0.2, 0) is 0 Å². The summed E-state index contributed by atoms with van der Waals surface area (Å²) >= 11 is 1.87. The molecular weight excluding hydrogens is 613 g/mol. The van der Waals surface area contributed by atoms with Gasteiger partial charge >= 0.3 is 0 Å². The Hall–Kier alpha value is -6.16. The van der Waals surface area contributed by atoms with E-state index in [0.717, 1.165) is 22.7 Å². The minimum absolute atomic E-state index is 1.12. The molecule has 0 bridgehead atoms. The zero-order valence-corrected chi connectivity index (χ0v) is 27.4. The molecule has 10 rings (SSSR count). The monoisotopic (exact) mass is 642 g/mol. The number of thiophene rings is 1. The Bertz CT molecular complexity index is 2830. The van der Waals surface area contributed by atoms with Gasteiger partial charge in [-0.2, -0.15) is 0 Å². The lowest BCUT2D eigenvalue weighted by Gasteiger charge is -2.28. The second-order valence-corrected chi connectivity index (χ2v) is 13.6. The zero-order valence-electron chi connectivity index (χ0n) is 26.6. The number of hydrogen-bond acceptors (Lipinski definition) is 2. The minimum Gasteiger partial charge on any atom is -0.310 e. The predicted octanol–water partition coefficient (Wildman–Crippen LogP) is 13.4. The van der Waals surface area contributed by atoms with Crippen molar-refractivity contribution >= 4 is 81.1 Å². The summed E-state index contributed by atoms with van der Waals surface area (Å²) < 4.78 is 5.02. The third-order valence-electron chi connectivity index (χ3n) is 9.76. The molecule has 8 aromatic carbocycles. The van der Waals surface area contributed by atoms with Crippen molar-refractivity contribution in [3.63, 3.8) is 0 Å². The lowest BCUT2D eigenvalue weighted by molar-refractivity contribution is 1.18. The number of anilines is 3. The predicted molar refractivity (Wildman–Crippen MR) is 211 cm³/mol. The Morgan fingerprint density at radius 3 is 1.92 bits per heavy atom. The van der Waals surface area contributed by atoms with Gasteiger partial charge in [0.05, 0.1) is 16.7 Å². The van der Waals surface area contributed by atoms with E-state index >= 15 is 0 Å². The van der Waals surface area contributed by atoms with E-state index in [2.05, 4.69) is 191 Å². The largest absolute Gasteiger partial charge is 0.310 e. The molecule has 0 spiro atoms. The first-order chi connectivity index (χ1) is 24.3. The molecule has 0 aliphatic carbocycles. The zero-order chi connectivity index (χ0) is 32.3. The summed E-state index contributed by atoms with van der Waals surface area (Å²) in [6.07, 6.45) is 0. The van der Waals surface area contributed by atoms with E-state index in [1.807, 2.05) is 11.3 Å². The number of para-hydroxylation sites is 3. The highest BCUT2D eigenvalue weighted by Gasteiger charge is 2.21. The molecule has 0 saturated carbocycles. The maximum Gasteiger partial charge on any atom is 0.0542 e. The normalized spacial score (nSPS) is 11.7. The van der Waals surface area contributed by atoms with Crippen LogP contribution in [0.3, 0.4) is 0 Å². The molecule has 0 saturated heterocycles. The van der Waals surface area contributed by atoms with Crippen molar-refractivity contribution in [2.45, 2.75) is 0 Å². The first kappa shape index (κ1) is 27.9. The van der Waals surface area contributed by atoms with Gasteiger partial charge < -0.3 is 9.47 Å². The van der Waals surface area contributed by atoms with Crippen LogP contribution in [0.4, 0.5) is 17.1 Å². The Morgan fingerprint density at radius 2 is 1.06 bits per heavy atom. The summed E-state index contributed by atoms with van der Waals surface area (Å²) in [5, 5.41) is 7.64. The van der Waals surface area contributed by atoms with Crippen molar-refractivity contribution in [3.05, 3.63) is 182 Å². The minimum atomic E-state index is 1.12. The number of benzene rings is 8. The number of nitrogens with zero attached hydrogens (tertiary/aromatic N) is 2. The van der Waals surface area contributed by atoms with Crippen LogP contribution in [0.2, 0.25) is 0 Å². The van der Waals surface area contributed by atoms with E-state index in [9.17, 15) is 0 Å². The van der Waals surface area contributed by atoms with E-state index in [4.69, 9.17) is 0 Å². The van der Waals surface area contributed by atoms with Crippen molar-refractivity contribution in [3.8, 4) is 16.8 Å². The van der Waals surface area contributed by atoms with E-state index in [1.54, 1.807) is 0 Å². The Balaban J connectivity index is 1.27. The maximum atomic E-state index is 2.45. The molecule has 0 unspecified atom stereocenters. The molecule has 230 valence electrons. The Kier molecular flexibility index (Phi) is 6.39.